The minimum Gasteiger partial charge on any atom is -0.480 e. The number of oxime groups is 1. The van der Waals surface area contributed by atoms with Crippen molar-refractivity contribution >= 4 is 35.3 Å². The number of thioether (sulfide) groups is 1. The Bertz CT molecular complexity index is 1180. The summed E-state index contributed by atoms with van der Waals surface area (Å²) in [7, 11) is 0. The average molecular weight is 604 g/mol. The Morgan fingerprint density at radius 3 is 2.64 bits per heavy atom. The molecule has 5 N–H and O–H groups in total. The largest absolute Gasteiger partial charge is 0.480 e. The number of allylic oxidation sites excluding steroid dienone is 2. The Hall–Kier alpha value is -2.55. The normalized spacial score (nSPS) is 37.6. The first-order valence-electron chi connectivity index (χ1n) is 14.9. The van der Waals surface area contributed by atoms with Crippen LogP contribution in [0.4, 0.5) is 0 Å². The highest BCUT2D eigenvalue weighted by atomic mass is 32.2. The molecule has 0 heterocycles. The van der Waals surface area contributed by atoms with Gasteiger partial charge in [-0.3, -0.25) is 9.59 Å². The molecular weight excluding hydrogens is 558 g/mol. The average Bonchev–Trinajstić information content (AvgIpc) is 3.20. The van der Waals surface area contributed by atoms with E-state index < -0.39 is 47.0 Å². The number of terminal acetylenes is 1. The van der Waals surface area contributed by atoms with Crippen LogP contribution in [0.3, 0.4) is 0 Å². The van der Waals surface area contributed by atoms with Crippen molar-refractivity contribution in [1.29, 1.82) is 0 Å². The van der Waals surface area contributed by atoms with Crippen molar-refractivity contribution in [2.24, 2.45) is 33.7 Å². The first-order valence-corrected chi connectivity index (χ1v) is 16.3. The molecule has 10 nitrogen and oxygen atoms in total. The third kappa shape index (κ3) is 5.95. The van der Waals surface area contributed by atoms with Crippen LogP contribution in [-0.2, 0) is 19.2 Å². The molecule has 9 atom stereocenters. The van der Waals surface area contributed by atoms with Gasteiger partial charge in [0.15, 0.2) is 6.61 Å². The summed E-state index contributed by atoms with van der Waals surface area (Å²) in [5, 5.41) is 41.2. The second-order valence-corrected chi connectivity index (χ2v) is 14.0. The number of rotatable bonds is 10. The van der Waals surface area contributed by atoms with E-state index in [1.54, 1.807) is 0 Å². The highest BCUT2D eigenvalue weighted by Crippen LogP contribution is 2.67. The van der Waals surface area contributed by atoms with Gasteiger partial charge in [-0.15, -0.1) is 6.42 Å². The molecule has 0 bridgehead atoms. The second-order valence-electron chi connectivity index (χ2n) is 13.0. The summed E-state index contributed by atoms with van der Waals surface area (Å²) in [5.41, 5.74) is 0.112. The molecule has 232 valence electrons. The van der Waals surface area contributed by atoms with E-state index >= 15 is 0 Å². The zero-order valence-electron chi connectivity index (χ0n) is 25.0. The number of carboxylic acid groups (broad SMARTS) is 1. The number of carboxylic acids is 1. The molecule has 0 saturated heterocycles. The van der Waals surface area contributed by atoms with Gasteiger partial charge in [0.25, 0.3) is 5.91 Å². The number of aliphatic carboxylic acids is 1. The minimum atomic E-state index is -1.17. The van der Waals surface area contributed by atoms with Gasteiger partial charge in [0.2, 0.25) is 5.91 Å². The van der Waals surface area contributed by atoms with Crippen molar-refractivity contribution in [1.82, 2.24) is 10.6 Å². The van der Waals surface area contributed by atoms with Crippen LogP contribution in [0.5, 0.6) is 0 Å². The molecular formula is C31H45N3O7S. The fourth-order valence-electron chi connectivity index (χ4n) is 8.33. The maximum absolute atomic E-state index is 12.4. The lowest BCUT2D eigenvalue weighted by atomic mass is 9.45. The molecule has 4 aliphatic carbocycles. The maximum Gasteiger partial charge on any atom is 0.326 e. The van der Waals surface area contributed by atoms with E-state index in [1.807, 2.05) is 12.3 Å². The molecule has 0 aliphatic heterocycles. The molecule has 0 unspecified atom stereocenters. The zero-order chi connectivity index (χ0) is 30.9. The van der Waals surface area contributed by atoms with Crippen molar-refractivity contribution in [3.05, 3.63) is 11.6 Å². The summed E-state index contributed by atoms with van der Waals surface area (Å²) in [6.45, 7) is 5.40. The van der Waals surface area contributed by atoms with E-state index in [4.69, 9.17) is 11.3 Å². The van der Waals surface area contributed by atoms with Crippen molar-refractivity contribution in [3.63, 3.8) is 0 Å². The number of hydrogen-bond acceptors (Lipinski definition) is 8. The number of amides is 2. The summed E-state index contributed by atoms with van der Waals surface area (Å²) in [4.78, 5) is 41.5. The molecule has 0 aromatic carbocycles. The first kappa shape index (κ1) is 32.4. The SMILES string of the molecule is C#C[C@]1(O)CC[C@@H]2[C@@H]3CCC4=C/C(=N\OCC(=O)N[C@H](C)C(=O)N[C@H](CCSC)C(=O)O)CC[C@]4(C)[C@@H]3[C@H](O)C[C@@]21C. The van der Waals surface area contributed by atoms with Crippen LogP contribution in [0.25, 0.3) is 0 Å². The van der Waals surface area contributed by atoms with Gasteiger partial charge in [0.1, 0.15) is 17.7 Å². The second kappa shape index (κ2) is 12.6. The number of fused-ring (bicyclic) bond motifs is 5. The zero-order valence-corrected chi connectivity index (χ0v) is 25.8. The number of carbonyl (C=O) groups is 3. The van der Waals surface area contributed by atoms with Gasteiger partial charge < -0.3 is 30.8 Å². The van der Waals surface area contributed by atoms with Crippen LogP contribution in [0.1, 0.15) is 72.1 Å². The molecule has 3 saturated carbocycles. The van der Waals surface area contributed by atoms with Crippen LogP contribution < -0.4 is 10.6 Å². The van der Waals surface area contributed by atoms with Gasteiger partial charge in [-0.1, -0.05) is 30.5 Å². The van der Waals surface area contributed by atoms with Gasteiger partial charge in [-0.2, -0.15) is 11.8 Å². The third-order valence-electron chi connectivity index (χ3n) is 10.7. The summed E-state index contributed by atoms with van der Waals surface area (Å²) >= 11 is 1.49. The van der Waals surface area contributed by atoms with Crippen molar-refractivity contribution < 1.29 is 34.5 Å². The molecule has 0 aromatic heterocycles. The molecule has 2 amide bonds. The van der Waals surface area contributed by atoms with E-state index in [0.29, 0.717) is 25.0 Å². The van der Waals surface area contributed by atoms with Crippen LogP contribution in [0.2, 0.25) is 0 Å². The Kier molecular flexibility index (Phi) is 9.70. The van der Waals surface area contributed by atoms with Crippen molar-refractivity contribution in [2.45, 2.75) is 95.9 Å². The molecule has 42 heavy (non-hydrogen) atoms. The molecule has 11 heteroatoms. The van der Waals surface area contributed by atoms with E-state index in [-0.39, 0.29) is 36.2 Å². The fourth-order valence-corrected chi connectivity index (χ4v) is 8.80. The number of nitrogens with one attached hydrogen (secondary N) is 2. The van der Waals surface area contributed by atoms with Crippen LogP contribution in [0, 0.1) is 40.9 Å². The van der Waals surface area contributed by atoms with E-state index in [9.17, 15) is 29.7 Å². The first-order chi connectivity index (χ1) is 19.8. The van der Waals surface area contributed by atoms with Crippen LogP contribution in [0.15, 0.2) is 16.8 Å². The number of hydrogen-bond donors (Lipinski definition) is 5. The number of carbonyl (C=O) groups excluding carboxylic acids is 2. The molecule has 4 rings (SSSR count). The molecule has 0 radical (unpaired) electrons. The Balaban J connectivity index is 1.34. The monoisotopic (exact) mass is 603 g/mol. The lowest BCUT2D eigenvalue weighted by molar-refractivity contribution is -0.153. The van der Waals surface area contributed by atoms with E-state index in [0.717, 1.165) is 31.4 Å². The van der Waals surface area contributed by atoms with Crippen molar-refractivity contribution in [2.75, 3.05) is 18.6 Å². The number of aliphatic hydroxyl groups is 2. The Labute approximate surface area is 252 Å². The third-order valence-corrected chi connectivity index (χ3v) is 11.3. The topological polar surface area (TPSA) is 158 Å². The summed E-state index contributed by atoms with van der Waals surface area (Å²) in [6.07, 6.45) is 14.6. The minimum absolute atomic E-state index is 0.0815. The quantitative estimate of drug-likeness (QED) is 0.188. The Morgan fingerprint density at radius 2 is 1.98 bits per heavy atom. The standard InChI is InChI=1S/C31H45N3O7S/c1-6-31(40)13-10-22-21-8-7-19-15-20(9-12-29(19,3)26(21)24(35)16-30(22,31)4)34-41-17-25(36)32-18(2)27(37)33-23(28(38)39)11-14-42-5/h1,15,18,21-24,26,35,40H,7-14,16-17H2,2-5H3,(H,32,36)(H,33,37)(H,38,39)/b34-20-/t18-,21+,22-,23-,24-,26+,29+,30+,31+/m1/s1. The van der Waals surface area contributed by atoms with E-state index in [1.165, 1.54) is 24.3 Å². The Morgan fingerprint density at radius 1 is 1.24 bits per heavy atom. The fraction of sp³-hybridized carbons (Fsp3) is 0.742. The smallest absolute Gasteiger partial charge is 0.326 e. The highest BCUT2D eigenvalue weighted by molar-refractivity contribution is 7.98. The predicted molar refractivity (Wildman–Crippen MR) is 160 cm³/mol. The summed E-state index contributed by atoms with van der Waals surface area (Å²) < 4.78 is 0. The predicted octanol–water partition coefficient (Wildman–Crippen LogP) is 2.48. The molecule has 0 aromatic rings. The number of aliphatic hydroxyl groups excluding tert-OH is 1. The van der Waals surface area contributed by atoms with Crippen LogP contribution in [-0.4, -0.2) is 81.2 Å². The number of nitrogens with zero attached hydrogens (tertiary/aromatic N) is 1. The molecule has 3 fully saturated rings. The summed E-state index contributed by atoms with van der Waals surface area (Å²) in [6, 6.07) is -1.95. The van der Waals surface area contributed by atoms with Crippen molar-refractivity contribution in [3.8, 4) is 12.3 Å². The molecule has 4 aliphatic rings. The summed E-state index contributed by atoms with van der Waals surface area (Å²) in [5.74, 6) is 1.65. The van der Waals surface area contributed by atoms with Gasteiger partial charge in [-0.05, 0) is 99.5 Å². The van der Waals surface area contributed by atoms with Gasteiger partial charge in [-0.25, -0.2) is 4.79 Å². The van der Waals surface area contributed by atoms with E-state index in [2.05, 4.69) is 35.6 Å². The lowest BCUT2D eigenvalue weighted by Gasteiger charge is -2.60. The van der Waals surface area contributed by atoms with Gasteiger partial charge >= 0.3 is 5.97 Å². The highest BCUT2D eigenvalue weighted by Gasteiger charge is 2.66. The van der Waals surface area contributed by atoms with Crippen LogP contribution >= 0.6 is 11.8 Å². The maximum atomic E-state index is 12.4. The van der Waals surface area contributed by atoms with Gasteiger partial charge in [0, 0.05) is 5.41 Å². The van der Waals surface area contributed by atoms with Gasteiger partial charge in [0.05, 0.1) is 11.8 Å². The lowest BCUT2D eigenvalue weighted by Crippen LogP contribution is -2.59. The molecule has 0 spiro atoms.